The lowest BCUT2D eigenvalue weighted by molar-refractivity contribution is 0.00626. The average molecular weight is 328 g/mol. The highest BCUT2D eigenvalue weighted by molar-refractivity contribution is 7.08. The van der Waals surface area contributed by atoms with Crippen LogP contribution in [-0.2, 0) is 4.74 Å². The van der Waals surface area contributed by atoms with Crippen LogP contribution in [0.5, 0.6) is 0 Å². The third-order valence-electron chi connectivity index (χ3n) is 3.19. The number of imidazole rings is 1. The van der Waals surface area contributed by atoms with Gasteiger partial charge in [-0.25, -0.2) is 9.78 Å². The number of nitrogens with zero attached hydrogens (tertiary/aromatic N) is 2. The minimum Gasteiger partial charge on any atom is -0.455 e. The molecular formula is C17H16N2O3S. The van der Waals surface area contributed by atoms with Crippen LogP contribution in [0.2, 0.25) is 0 Å². The van der Waals surface area contributed by atoms with Gasteiger partial charge in [0.05, 0.1) is 5.56 Å². The van der Waals surface area contributed by atoms with E-state index in [1.165, 1.54) is 11.3 Å². The quantitative estimate of drug-likeness (QED) is 0.541. The second-order valence-corrected chi connectivity index (χ2v) is 6.88. The topological polar surface area (TPSA) is 60.7 Å². The van der Waals surface area contributed by atoms with E-state index in [0.717, 1.165) is 11.8 Å². The monoisotopic (exact) mass is 328 g/mol. The fraction of sp³-hybridized carbons (Fsp3) is 0.235. The molecule has 0 aliphatic heterocycles. The Bertz CT molecular complexity index is 873. The van der Waals surface area contributed by atoms with Gasteiger partial charge in [-0.1, -0.05) is 0 Å². The van der Waals surface area contributed by atoms with Crippen molar-refractivity contribution in [2.75, 3.05) is 0 Å². The molecule has 0 unspecified atom stereocenters. The van der Waals surface area contributed by atoms with Crippen molar-refractivity contribution < 1.29 is 14.3 Å². The van der Waals surface area contributed by atoms with E-state index < -0.39 is 11.6 Å². The van der Waals surface area contributed by atoms with Crippen molar-refractivity contribution in [1.82, 2.24) is 9.38 Å². The van der Waals surface area contributed by atoms with Crippen molar-refractivity contribution >= 4 is 29.2 Å². The molecule has 0 bridgehead atoms. The first-order valence-electron chi connectivity index (χ1n) is 7.13. The fourth-order valence-corrected chi connectivity index (χ4v) is 2.94. The molecule has 0 radical (unpaired) electrons. The number of fused-ring (bicyclic) bond motifs is 1. The number of aromatic nitrogens is 2. The molecular weight excluding hydrogens is 312 g/mol. The van der Waals surface area contributed by atoms with Gasteiger partial charge in [0, 0.05) is 17.1 Å². The second-order valence-electron chi connectivity index (χ2n) is 6.10. The number of rotatable bonds is 3. The smallest absolute Gasteiger partial charge is 0.358 e. The van der Waals surface area contributed by atoms with E-state index in [1.54, 1.807) is 22.7 Å². The molecule has 6 heteroatoms. The van der Waals surface area contributed by atoms with E-state index in [9.17, 15) is 9.59 Å². The van der Waals surface area contributed by atoms with Crippen molar-refractivity contribution in [2.45, 2.75) is 26.4 Å². The summed E-state index contributed by atoms with van der Waals surface area (Å²) in [6.07, 6.45) is 2.45. The predicted octanol–water partition coefficient (Wildman–Crippen LogP) is 3.83. The summed E-state index contributed by atoms with van der Waals surface area (Å²) in [5, 5.41) is 3.83. The number of hydrogen-bond acceptors (Lipinski definition) is 5. The number of carbonyl (C=O) groups is 2. The van der Waals surface area contributed by atoms with Gasteiger partial charge in [0.15, 0.2) is 12.0 Å². The van der Waals surface area contributed by atoms with Crippen LogP contribution in [0, 0.1) is 0 Å². The van der Waals surface area contributed by atoms with Crippen LogP contribution in [0.4, 0.5) is 0 Å². The standard InChI is InChI=1S/C17H16N2O3S/c1-17(2,3)22-16(21)14-13(12-6-8-23-10-12)18-15-11(9-20)5-4-7-19(14)15/h4-10H,1-3H3. The number of aldehydes is 1. The van der Waals surface area contributed by atoms with Gasteiger partial charge >= 0.3 is 5.97 Å². The van der Waals surface area contributed by atoms with Crippen molar-refractivity contribution in [1.29, 1.82) is 0 Å². The lowest BCUT2D eigenvalue weighted by atomic mass is 10.1. The molecule has 0 spiro atoms. The van der Waals surface area contributed by atoms with Gasteiger partial charge in [0.1, 0.15) is 16.9 Å². The number of esters is 1. The number of pyridine rings is 1. The third-order valence-corrected chi connectivity index (χ3v) is 3.88. The lowest BCUT2D eigenvalue weighted by Gasteiger charge is -2.19. The van der Waals surface area contributed by atoms with E-state index in [4.69, 9.17) is 4.74 Å². The van der Waals surface area contributed by atoms with Crippen LogP contribution in [0.15, 0.2) is 35.2 Å². The summed E-state index contributed by atoms with van der Waals surface area (Å²) < 4.78 is 7.13. The summed E-state index contributed by atoms with van der Waals surface area (Å²) in [6, 6.07) is 5.27. The molecule has 0 aliphatic carbocycles. The second kappa shape index (κ2) is 5.62. The molecule has 23 heavy (non-hydrogen) atoms. The number of carbonyl (C=O) groups excluding carboxylic acids is 2. The first-order valence-corrected chi connectivity index (χ1v) is 8.07. The van der Waals surface area contributed by atoms with Crippen molar-refractivity contribution in [3.8, 4) is 11.3 Å². The number of ether oxygens (including phenoxy) is 1. The van der Waals surface area contributed by atoms with Crippen LogP contribution in [0.25, 0.3) is 16.9 Å². The molecule has 0 aliphatic rings. The van der Waals surface area contributed by atoms with Crippen molar-refractivity contribution in [3.63, 3.8) is 0 Å². The summed E-state index contributed by atoms with van der Waals surface area (Å²) in [6.45, 7) is 5.44. The van der Waals surface area contributed by atoms with Crippen LogP contribution in [-0.4, -0.2) is 27.2 Å². The molecule has 0 amide bonds. The minimum atomic E-state index is -0.616. The highest BCUT2D eigenvalue weighted by Crippen LogP contribution is 2.28. The van der Waals surface area contributed by atoms with Crippen LogP contribution in [0.1, 0.15) is 41.6 Å². The Labute approximate surface area is 137 Å². The average Bonchev–Trinajstić information content (AvgIpc) is 3.11. The largest absolute Gasteiger partial charge is 0.455 e. The van der Waals surface area contributed by atoms with Gasteiger partial charge < -0.3 is 4.74 Å². The molecule has 5 nitrogen and oxygen atoms in total. The van der Waals surface area contributed by atoms with Gasteiger partial charge in [-0.3, -0.25) is 9.20 Å². The highest BCUT2D eigenvalue weighted by atomic mass is 32.1. The van der Waals surface area contributed by atoms with E-state index in [1.807, 2.05) is 37.6 Å². The van der Waals surface area contributed by atoms with Gasteiger partial charge in [-0.2, -0.15) is 11.3 Å². The molecule has 0 saturated carbocycles. The maximum absolute atomic E-state index is 12.7. The van der Waals surface area contributed by atoms with Crippen LogP contribution < -0.4 is 0 Å². The van der Waals surface area contributed by atoms with E-state index in [0.29, 0.717) is 22.6 Å². The Morgan fingerprint density at radius 2 is 2.13 bits per heavy atom. The zero-order valence-electron chi connectivity index (χ0n) is 13.1. The molecule has 0 saturated heterocycles. The Kier molecular flexibility index (Phi) is 3.77. The zero-order valence-corrected chi connectivity index (χ0v) is 13.9. The van der Waals surface area contributed by atoms with E-state index >= 15 is 0 Å². The van der Waals surface area contributed by atoms with Crippen molar-refractivity contribution in [3.05, 3.63) is 46.4 Å². The Morgan fingerprint density at radius 3 is 2.74 bits per heavy atom. The summed E-state index contributed by atoms with van der Waals surface area (Å²) in [7, 11) is 0. The number of thiophene rings is 1. The van der Waals surface area contributed by atoms with Gasteiger partial charge in [0.25, 0.3) is 0 Å². The SMILES string of the molecule is CC(C)(C)OC(=O)c1c(-c2ccsc2)nc2c(C=O)cccn12. The minimum absolute atomic E-state index is 0.331. The molecule has 3 rings (SSSR count). The fourth-order valence-electron chi connectivity index (χ4n) is 2.30. The maximum Gasteiger partial charge on any atom is 0.358 e. The molecule has 0 fully saturated rings. The Hall–Kier alpha value is -2.47. The van der Waals surface area contributed by atoms with Gasteiger partial charge in [0.2, 0.25) is 0 Å². The third kappa shape index (κ3) is 2.90. The van der Waals surface area contributed by atoms with Crippen LogP contribution >= 0.6 is 11.3 Å². The summed E-state index contributed by atoms with van der Waals surface area (Å²) in [4.78, 5) is 28.5. The molecule has 3 heterocycles. The van der Waals surface area contributed by atoms with E-state index in [-0.39, 0.29) is 0 Å². The lowest BCUT2D eigenvalue weighted by Crippen LogP contribution is -2.25. The molecule has 3 aromatic heterocycles. The zero-order chi connectivity index (χ0) is 16.6. The van der Waals surface area contributed by atoms with E-state index in [2.05, 4.69) is 4.98 Å². The molecule has 0 N–H and O–H groups in total. The molecule has 118 valence electrons. The Balaban J connectivity index is 2.27. The number of hydrogen-bond donors (Lipinski definition) is 0. The molecule has 0 atom stereocenters. The maximum atomic E-state index is 12.7. The summed E-state index contributed by atoms with van der Waals surface area (Å²) >= 11 is 1.52. The van der Waals surface area contributed by atoms with Crippen molar-refractivity contribution in [2.24, 2.45) is 0 Å². The predicted molar refractivity (Wildman–Crippen MR) is 89.1 cm³/mol. The highest BCUT2D eigenvalue weighted by Gasteiger charge is 2.26. The first kappa shape index (κ1) is 15.4. The summed E-state index contributed by atoms with van der Waals surface area (Å²) in [5.41, 5.74) is 1.95. The van der Waals surface area contributed by atoms with Crippen LogP contribution in [0.3, 0.4) is 0 Å². The molecule has 3 aromatic rings. The van der Waals surface area contributed by atoms with Gasteiger partial charge in [-0.05, 0) is 44.4 Å². The normalized spacial score (nSPS) is 11.6. The van der Waals surface area contributed by atoms with Gasteiger partial charge in [-0.15, -0.1) is 0 Å². The Morgan fingerprint density at radius 1 is 1.35 bits per heavy atom. The summed E-state index contributed by atoms with van der Waals surface area (Å²) in [5.74, 6) is -0.464. The first-order chi connectivity index (χ1) is 10.9. The molecule has 0 aromatic carbocycles.